The van der Waals surface area contributed by atoms with Gasteiger partial charge in [-0.3, -0.25) is 4.79 Å². The van der Waals surface area contributed by atoms with Crippen molar-refractivity contribution in [1.29, 1.82) is 0 Å². The van der Waals surface area contributed by atoms with E-state index < -0.39 is 17.6 Å². The molecule has 3 rings (SSSR count). The Kier molecular flexibility index (Phi) is 11.8. The molecule has 214 valence electrons. The molecule has 0 radical (unpaired) electrons. The molecule has 11 heteroatoms. The third-order valence-electron chi connectivity index (χ3n) is 5.83. The van der Waals surface area contributed by atoms with Crippen LogP contribution in [0.5, 0.6) is 5.75 Å². The SMILES string of the molecule is C=CC(=O)OCCN(CC)c1ccc(N=Nc2ccc(N=Nc3ccc(OCCC(=O)CC)c(F)c3F)cc2)cc1. The molecule has 0 aliphatic heterocycles. The number of ether oxygens (including phenoxy) is 2. The lowest BCUT2D eigenvalue weighted by Gasteiger charge is -2.22. The lowest BCUT2D eigenvalue weighted by molar-refractivity contribution is -0.137. The van der Waals surface area contributed by atoms with Gasteiger partial charge in [-0.1, -0.05) is 13.5 Å². The zero-order chi connectivity index (χ0) is 29.6. The highest BCUT2D eigenvalue weighted by molar-refractivity contribution is 5.81. The summed E-state index contributed by atoms with van der Waals surface area (Å²) in [5.74, 6) is -3.15. The van der Waals surface area contributed by atoms with Crippen LogP contribution in [0.15, 0.2) is 93.8 Å². The summed E-state index contributed by atoms with van der Waals surface area (Å²) in [6.07, 6.45) is 1.61. The van der Waals surface area contributed by atoms with Crippen molar-refractivity contribution >= 4 is 40.2 Å². The van der Waals surface area contributed by atoms with Crippen molar-refractivity contribution < 1.29 is 27.8 Å². The van der Waals surface area contributed by atoms with Gasteiger partial charge in [0.15, 0.2) is 11.6 Å². The van der Waals surface area contributed by atoms with E-state index in [-0.39, 0.29) is 36.9 Å². The number of likely N-dealkylation sites (N-methyl/N-ethyl adjacent to an activating group) is 1. The zero-order valence-corrected chi connectivity index (χ0v) is 22.9. The first-order chi connectivity index (χ1) is 19.8. The molecule has 3 aromatic carbocycles. The average molecular weight is 564 g/mol. The monoisotopic (exact) mass is 563 g/mol. The van der Waals surface area contributed by atoms with Crippen LogP contribution in [0.2, 0.25) is 0 Å². The third-order valence-corrected chi connectivity index (χ3v) is 5.83. The van der Waals surface area contributed by atoms with Crippen molar-refractivity contribution in [3.8, 4) is 5.75 Å². The molecular formula is C30H31F2N5O4. The number of carbonyl (C=O) groups is 2. The molecular weight excluding hydrogens is 532 g/mol. The van der Waals surface area contributed by atoms with E-state index in [0.717, 1.165) is 18.3 Å². The Morgan fingerprint density at radius 2 is 1.41 bits per heavy atom. The Morgan fingerprint density at radius 1 is 0.829 bits per heavy atom. The van der Waals surface area contributed by atoms with E-state index in [1.807, 2.05) is 31.2 Å². The molecule has 0 heterocycles. The van der Waals surface area contributed by atoms with Crippen molar-refractivity contribution in [3.05, 3.63) is 85.0 Å². The molecule has 0 N–H and O–H groups in total. The molecule has 0 unspecified atom stereocenters. The number of Topliss-reactive ketones (excluding diaryl/α,β-unsaturated/α-hetero) is 1. The van der Waals surface area contributed by atoms with Crippen molar-refractivity contribution in [2.24, 2.45) is 20.5 Å². The number of hydrogen-bond acceptors (Lipinski definition) is 9. The van der Waals surface area contributed by atoms with Gasteiger partial charge in [-0.2, -0.15) is 19.7 Å². The van der Waals surface area contributed by atoms with E-state index in [4.69, 9.17) is 9.47 Å². The molecule has 0 spiro atoms. The van der Waals surface area contributed by atoms with Crippen molar-refractivity contribution in [2.45, 2.75) is 26.7 Å². The van der Waals surface area contributed by atoms with Crippen LogP contribution < -0.4 is 9.64 Å². The maximum atomic E-state index is 14.4. The van der Waals surface area contributed by atoms with Crippen LogP contribution in [0, 0.1) is 11.6 Å². The topological polar surface area (TPSA) is 105 Å². The van der Waals surface area contributed by atoms with Crippen LogP contribution in [0.25, 0.3) is 0 Å². The second-order valence-corrected chi connectivity index (χ2v) is 8.59. The van der Waals surface area contributed by atoms with Crippen LogP contribution in [-0.4, -0.2) is 38.1 Å². The third kappa shape index (κ3) is 9.41. The van der Waals surface area contributed by atoms with Gasteiger partial charge in [-0.25, -0.2) is 9.18 Å². The first-order valence-corrected chi connectivity index (χ1v) is 13.0. The molecule has 0 amide bonds. The van der Waals surface area contributed by atoms with E-state index in [1.54, 1.807) is 31.2 Å². The second-order valence-electron chi connectivity index (χ2n) is 8.59. The lowest BCUT2D eigenvalue weighted by Crippen LogP contribution is -2.27. The number of ketones is 1. The fourth-order valence-corrected chi connectivity index (χ4v) is 3.49. The smallest absolute Gasteiger partial charge is 0.330 e. The predicted molar refractivity (Wildman–Crippen MR) is 152 cm³/mol. The lowest BCUT2D eigenvalue weighted by atomic mass is 10.2. The largest absolute Gasteiger partial charge is 0.490 e. The van der Waals surface area contributed by atoms with Crippen LogP contribution in [0.4, 0.5) is 37.2 Å². The predicted octanol–water partition coefficient (Wildman–Crippen LogP) is 8.10. The molecule has 9 nitrogen and oxygen atoms in total. The van der Waals surface area contributed by atoms with Crippen molar-refractivity contribution in [2.75, 3.05) is 31.2 Å². The quantitative estimate of drug-likeness (QED) is 0.106. The first kappa shape index (κ1) is 30.7. The summed E-state index contributed by atoms with van der Waals surface area (Å²) in [7, 11) is 0. The molecule has 0 aliphatic carbocycles. The number of anilines is 1. The number of rotatable bonds is 15. The highest BCUT2D eigenvalue weighted by Gasteiger charge is 2.15. The number of azo groups is 2. The summed E-state index contributed by atoms with van der Waals surface area (Å²) >= 11 is 0. The number of esters is 1. The van der Waals surface area contributed by atoms with Gasteiger partial charge in [0.2, 0.25) is 5.82 Å². The number of nitrogens with zero attached hydrogens (tertiary/aromatic N) is 5. The fraction of sp³-hybridized carbons (Fsp3) is 0.267. The summed E-state index contributed by atoms with van der Waals surface area (Å²) in [5, 5.41) is 16.2. The van der Waals surface area contributed by atoms with Crippen LogP contribution in [-0.2, 0) is 14.3 Å². The maximum absolute atomic E-state index is 14.4. The molecule has 0 bridgehead atoms. The molecule has 0 saturated heterocycles. The zero-order valence-electron chi connectivity index (χ0n) is 22.9. The normalized spacial score (nSPS) is 11.1. The van der Waals surface area contributed by atoms with E-state index in [1.165, 1.54) is 12.1 Å². The van der Waals surface area contributed by atoms with Gasteiger partial charge >= 0.3 is 5.97 Å². The Morgan fingerprint density at radius 3 is 1.98 bits per heavy atom. The Labute approximate surface area is 237 Å². The minimum absolute atomic E-state index is 0.0279. The van der Waals surface area contributed by atoms with Crippen molar-refractivity contribution in [1.82, 2.24) is 0 Å². The van der Waals surface area contributed by atoms with Gasteiger partial charge in [-0.15, -0.1) is 5.11 Å². The summed E-state index contributed by atoms with van der Waals surface area (Å²) in [4.78, 5) is 24.6. The minimum Gasteiger partial charge on any atom is -0.490 e. The number of carbonyl (C=O) groups excluding carboxylic acids is 2. The Bertz CT molecular complexity index is 1390. The van der Waals surface area contributed by atoms with Crippen LogP contribution in [0.1, 0.15) is 26.7 Å². The van der Waals surface area contributed by atoms with E-state index >= 15 is 0 Å². The van der Waals surface area contributed by atoms with Gasteiger partial charge in [0.1, 0.15) is 18.1 Å². The summed E-state index contributed by atoms with van der Waals surface area (Å²) in [6, 6.07) is 16.6. The van der Waals surface area contributed by atoms with Gasteiger partial charge < -0.3 is 14.4 Å². The number of halogens is 2. The van der Waals surface area contributed by atoms with E-state index in [9.17, 15) is 18.4 Å². The summed E-state index contributed by atoms with van der Waals surface area (Å²) < 4.78 is 38.9. The average Bonchev–Trinajstić information content (AvgIpc) is 3.00. The molecule has 41 heavy (non-hydrogen) atoms. The first-order valence-electron chi connectivity index (χ1n) is 13.0. The molecule has 0 aromatic heterocycles. The highest BCUT2D eigenvalue weighted by atomic mass is 19.2. The molecule has 0 atom stereocenters. The standard InChI is InChI=1S/C30H31F2N5O4/c1-4-25(38)17-19-40-27-16-15-26(29(31)30(27)32)36-35-22-9-7-21(8-10-22)33-34-23-11-13-24(14-12-23)37(6-3)18-20-41-28(39)5-2/h5,7-16H,2,4,6,17-20H2,1,3H3. The van der Waals surface area contributed by atoms with E-state index in [2.05, 4.69) is 31.9 Å². The second kappa shape index (κ2) is 15.7. The molecule has 0 fully saturated rings. The van der Waals surface area contributed by atoms with Crippen molar-refractivity contribution in [3.63, 3.8) is 0 Å². The Hall–Kier alpha value is -4.80. The Balaban J connectivity index is 1.56. The van der Waals surface area contributed by atoms with Crippen LogP contribution >= 0.6 is 0 Å². The molecule has 0 saturated carbocycles. The van der Waals surface area contributed by atoms with Gasteiger partial charge in [0.25, 0.3) is 0 Å². The molecule has 0 aliphatic rings. The number of hydrogen-bond donors (Lipinski definition) is 0. The van der Waals surface area contributed by atoms with E-state index in [0.29, 0.717) is 30.0 Å². The molecule has 3 aromatic rings. The minimum atomic E-state index is -1.19. The fourth-order valence-electron chi connectivity index (χ4n) is 3.49. The van der Waals surface area contributed by atoms with Gasteiger partial charge in [0.05, 0.1) is 30.2 Å². The maximum Gasteiger partial charge on any atom is 0.330 e. The summed E-state index contributed by atoms with van der Waals surface area (Å²) in [6.45, 7) is 8.61. The summed E-state index contributed by atoms with van der Waals surface area (Å²) in [5.41, 5.74) is 2.29. The van der Waals surface area contributed by atoms with Gasteiger partial charge in [-0.05, 0) is 67.6 Å². The van der Waals surface area contributed by atoms with Gasteiger partial charge in [0, 0.05) is 31.1 Å². The highest BCUT2D eigenvalue weighted by Crippen LogP contribution is 2.30. The number of benzene rings is 3. The van der Waals surface area contributed by atoms with Crippen LogP contribution in [0.3, 0.4) is 0 Å².